The van der Waals surface area contributed by atoms with Crippen LogP contribution in [0.4, 0.5) is 5.69 Å². The first-order valence-corrected chi connectivity index (χ1v) is 10.9. The smallest absolute Gasteiger partial charge is 0.335 e. The van der Waals surface area contributed by atoms with Gasteiger partial charge < -0.3 is 9.52 Å². The maximum Gasteiger partial charge on any atom is 0.335 e. The summed E-state index contributed by atoms with van der Waals surface area (Å²) < 4.78 is 6.15. The number of carboxylic acids is 1. The molecule has 156 valence electrons. The van der Waals surface area contributed by atoms with Crippen molar-refractivity contribution in [2.75, 3.05) is 4.90 Å². The molecule has 0 unspecified atom stereocenters. The van der Waals surface area contributed by atoms with E-state index in [2.05, 4.69) is 0 Å². The maximum atomic E-state index is 13.1. The van der Waals surface area contributed by atoms with Crippen LogP contribution in [0.3, 0.4) is 0 Å². The number of hydrogen-bond acceptors (Lipinski definition) is 5. The topological polar surface area (TPSA) is 70.8 Å². The third kappa shape index (κ3) is 4.14. The molecule has 0 radical (unpaired) electrons. The predicted octanol–water partition coefficient (Wildman–Crippen LogP) is 6.67. The van der Waals surface area contributed by atoms with Gasteiger partial charge in [-0.15, -0.1) is 0 Å². The summed E-state index contributed by atoms with van der Waals surface area (Å²) in [6.45, 7) is 1.79. The van der Waals surface area contributed by atoms with Gasteiger partial charge in [0.25, 0.3) is 5.91 Å². The van der Waals surface area contributed by atoms with Crippen LogP contribution in [0.2, 0.25) is 10.0 Å². The number of rotatable bonds is 4. The Morgan fingerprint density at radius 2 is 1.87 bits per heavy atom. The second-order valence-corrected chi connectivity index (χ2v) is 9.11. The van der Waals surface area contributed by atoms with Gasteiger partial charge in [-0.25, -0.2) is 4.79 Å². The molecule has 0 atom stereocenters. The van der Waals surface area contributed by atoms with Crippen LogP contribution >= 0.6 is 47.2 Å². The summed E-state index contributed by atoms with van der Waals surface area (Å²) in [5.41, 5.74) is 1.81. The molecule has 2 heterocycles. The number of carboxylic acid groups (broad SMARTS) is 1. The molecule has 0 spiro atoms. The van der Waals surface area contributed by atoms with Gasteiger partial charge in [-0.05, 0) is 48.9 Å². The zero-order chi connectivity index (χ0) is 22.3. The van der Waals surface area contributed by atoms with E-state index in [4.69, 9.17) is 39.8 Å². The van der Waals surface area contributed by atoms with Crippen LogP contribution < -0.4 is 4.90 Å². The lowest BCUT2D eigenvalue weighted by Gasteiger charge is -2.17. The number of carbonyl (C=O) groups excluding carboxylic acids is 1. The number of amides is 1. The minimum atomic E-state index is -1.08. The van der Waals surface area contributed by atoms with E-state index in [0.29, 0.717) is 42.0 Å². The average molecular weight is 490 g/mol. The zero-order valence-corrected chi connectivity index (χ0v) is 19.0. The van der Waals surface area contributed by atoms with E-state index in [1.54, 1.807) is 49.4 Å². The minimum Gasteiger partial charge on any atom is -0.478 e. The number of thiocarbonyl (C=S) groups is 1. The Balaban J connectivity index is 1.67. The highest BCUT2D eigenvalue weighted by Crippen LogP contribution is 2.39. The third-order valence-electron chi connectivity index (χ3n) is 4.60. The van der Waals surface area contributed by atoms with E-state index in [1.165, 1.54) is 17.0 Å². The summed E-state index contributed by atoms with van der Waals surface area (Å²) in [5.74, 6) is -0.525. The van der Waals surface area contributed by atoms with Crippen molar-refractivity contribution in [3.63, 3.8) is 0 Å². The Morgan fingerprint density at radius 1 is 1.16 bits per heavy atom. The second kappa shape index (κ2) is 8.51. The third-order valence-corrected chi connectivity index (χ3v) is 6.53. The Bertz CT molecular complexity index is 1260. The van der Waals surface area contributed by atoms with Gasteiger partial charge >= 0.3 is 5.97 Å². The molecule has 0 bridgehead atoms. The Hall–Kier alpha value is -2.58. The molecule has 1 fully saturated rings. The highest BCUT2D eigenvalue weighted by Gasteiger charge is 2.34. The summed E-state index contributed by atoms with van der Waals surface area (Å²) in [4.78, 5) is 26.1. The number of aromatic carboxylic acids is 1. The number of benzene rings is 2. The fraction of sp³-hybridized carbons (Fsp3) is 0.0455. The largest absolute Gasteiger partial charge is 0.478 e. The normalized spacial score (nSPS) is 15.2. The van der Waals surface area contributed by atoms with Crippen LogP contribution in [-0.4, -0.2) is 21.3 Å². The first-order chi connectivity index (χ1) is 14.8. The van der Waals surface area contributed by atoms with E-state index < -0.39 is 5.97 Å². The molecule has 2 aromatic carbocycles. The number of aryl methyl sites for hydroxylation is 1. The van der Waals surface area contributed by atoms with Crippen LogP contribution in [0.5, 0.6) is 0 Å². The summed E-state index contributed by atoms with van der Waals surface area (Å²) in [6.07, 6.45) is 1.59. The highest BCUT2D eigenvalue weighted by molar-refractivity contribution is 8.27. The monoisotopic (exact) mass is 489 g/mol. The summed E-state index contributed by atoms with van der Waals surface area (Å²) in [7, 11) is 0. The van der Waals surface area contributed by atoms with Crippen molar-refractivity contribution in [2.45, 2.75) is 6.92 Å². The minimum absolute atomic E-state index is 0.0749. The van der Waals surface area contributed by atoms with Crippen molar-refractivity contribution in [1.29, 1.82) is 0 Å². The summed E-state index contributed by atoms with van der Waals surface area (Å²) >= 11 is 19.0. The molecule has 1 aliphatic rings. The van der Waals surface area contributed by atoms with Crippen molar-refractivity contribution in [1.82, 2.24) is 0 Å². The number of hydrogen-bond donors (Lipinski definition) is 1. The number of nitrogens with zero attached hydrogens (tertiary/aromatic N) is 1. The predicted molar refractivity (Wildman–Crippen MR) is 128 cm³/mol. The number of furan rings is 1. The molecule has 5 nitrogen and oxygen atoms in total. The second-order valence-electron chi connectivity index (χ2n) is 6.62. The molecule has 1 aliphatic heterocycles. The van der Waals surface area contributed by atoms with Crippen molar-refractivity contribution in [2.24, 2.45) is 0 Å². The summed E-state index contributed by atoms with van der Waals surface area (Å²) in [6, 6.07) is 13.2. The number of anilines is 1. The van der Waals surface area contributed by atoms with Crippen LogP contribution in [0.15, 0.2) is 57.9 Å². The van der Waals surface area contributed by atoms with E-state index in [9.17, 15) is 14.7 Å². The zero-order valence-electron chi connectivity index (χ0n) is 15.9. The van der Waals surface area contributed by atoms with Crippen LogP contribution in [0.1, 0.15) is 21.7 Å². The molecule has 1 N–H and O–H groups in total. The van der Waals surface area contributed by atoms with Gasteiger partial charge in [0.2, 0.25) is 0 Å². The van der Waals surface area contributed by atoms with Gasteiger partial charge in [0.15, 0.2) is 4.32 Å². The SMILES string of the molecule is Cc1ccc(C(=O)O)cc1N1C(=O)/C(=C\c2ccc(-c3c(Cl)cccc3Cl)o2)SC1=S. The Labute approximate surface area is 197 Å². The van der Waals surface area contributed by atoms with Crippen molar-refractivity contribution < 1.29 is 19.1 Å². The molecule has 4 rings (SSSR count). The van der Waals surface area contributed by atoms with Gasteiger partial charge in [0, 0.05) is 6.08 Å². The maximum absolute atomic E-state index is 13.1. The van der Waals surface area contributed by atoms with E-state index in [1.807, 2.05) is 0 Å². The fourth-order valence-electron chi connectivity index (χ4n) is 3.09. The van der Waals surface area contributed by atoms with Gasteiger partial charge in [-0.3, -0.25) is 9.69 Å². The molecule has 0 saturated carbocycles. The summed E-state index contributed by atoms with van der Waals surface area (Å²) in [5, 5.41) is 10.2. The van der Waals surface area contributed by atoms with Crippen LogP contribution in [0.25, 0.3) is 17.4 Å². The first kappa shape index (κ1) is 21.6. The molecule has 0 aliphatic carbocycles. The van der Waals surface area contributed by atoms with Crippen molar-refractivity contribution in [3.8, 4) is 11.3 Å². The van der Waals surface area contributed by atoms with Gasteiger partial charge in [-0.2, -0.15) is 0 Å². The van der Waals surface area contributed by atoms with E-state index >= 15 is 0 Å². The van der Waals surface area contributed by atoms with Gasteiger partial charge in [0.1, 0.15) is 11.5 Å². The lowest BCUT2D eigenvalue weighted by atomic mass is 10.1. The van der Waals surface area contributed by atoms with Gasteiger partial charge in [0.05, 0.1) is 31.8 Å². The fourth-order valence-corrected chi connectivity index (χ4v) is 4.93. The number of halogens is 2. The van der Waals surface area contributed by atoms with Crippen molar-refractivity contribution in [3.05, 3.63) is 80.4 Å². The lowest BCUT2D eigenvalue weighted by molar-refractivity contribution is -0.113. The van der Waals surface area contributed by atoms with Gasteiger partial charge in [-0.1, -0.05) is 59.3 Å². The van der Waals surface area contributed by atoms with E-state index in [-0.39, 0.29) is 11.5 Å². The first-order valence-electron chi connectivity index (χ1n) is 8.92. The highest BCUT2D eigenvalue weighted by atomic mass is 35.5. The molecule has 31 heavy (non-hydrogen) atoms. The van der Waals surface area contributed by atoms with E-state index in [0.717, 1.165) is 17.3 Å². The number of carbonyl (C=O) groups is 2. The van der Waals surface area contributed by atoms with Crippen LogP contribution in [0, 0.1) is 6.92 Å². The Morgan fingerprint density at radius 3 is 2.55 bits per heavy atom. The van der Waals surface area contributed by atoms with Crippen LogP contribution in [-0.2, 0) is 4.79 Å². The van der Waals surface area contributed by atoms with Crippen molar-refractivity contribution >= 4 is 75.1 Å². The lowest BCUT2D eigenvalue weighted by Crippen LogP contribution is -2.28. The standard InChI is InChI=1S/C22H13Cl2NO4S2/c1-11-5-6-12(21(27)28)9-16(11)25-20(26)18(31-22(25)30)10-13-7-8-17(29-13)19-14(23)3-2-4-15(19)24/h2-10H,1H3,(H,27,28)/b18-10+. The average Bonchev–Trinajstić information content (AvgIpc) is 3.27. The Kier molecular flexibility index (Phi) is 5.94. The molecular weight excluding hydrogens is 477 g/mol. The quantitative estimate of drug-likeness (QED) is 0.326. The molecule has 3 aromatic rings. The molecule has 9 heteroatoms. The molecule has 1 aromatic heterocycles. The molecule has 1 amide bonds. The molecular formula is C22H13Cl2NO4S2. The molecule has 1 saturated heterocycles. The number of thioether (sulfide) groups is 1.